The zero-order chi connectivity index (χ0) is 12.7. The van der Waals surface area contributed by atoms with Gasteiger partial charge in [0.05, 0.1) is 12.7 Å². The van der Waals surface area contributed by atoms with Gasteiger partial charge in [0.25, 0.3) is 0 Å². The minimum absolute atomic E-state index is 0.329. The lowest BCUT2D eigenvalue weighted by Crippen LogP contribution is -2.33. The monoisotopic (exact) mass is 236 g/mol. The van der Waals surface area contributed by atoms with Crippen LogP contribution in [0.25, 0.3) is 0 Å². The van der Waals surface area contributed by atoms with Crippen molar-refractivity contribution in [1.29, 1.82) is 0 Å². The second-order valence-corrected chi connectivity index (χ2v) is 3.32. The van der Waals surface area contributed by atoms with Gasteiger partial charge in [-0.2, -0.15) is 0 Å². The molecule has 7 N–H and O–H groups in total. The van der Waals surface area contributed by atoms with E-state index < -0.39 is 36.7 Å². The molecule has 8 nitrogen and oxygen atoms in total. The molecule has 3 atom stereocenters. The summed E-state index contributed by atoms with van der Waals surface area (Å²) in [5.74, 6) is -2.06. The third-order valence-corrected chi connectivity index (χ3v) is 1.92. The molecular formula is C8H16N2O6. The molecule has 94 valence electrons. The second kappa shape index (κ2) is 7.12. The van der Waals surface area contributed by atoms with Crippen LogP contribution in [0.5, 0.6) is 0 Å². The summed E-state index contributed by atoms with van der Waals surface area (Å²) in [5, 5.41) is 35.7. The van der Waals surface area contributed by atoms with Crippen molar-refractivity contribution in [1.82, 2.24) is 5.32 Å². The highest BCUT2D eigenvalue weighted by Gasteiger charge is 2.27. The molecule has 1 rings (SSSR count). The highest BCUT2D eigenvalue weighted by atomic mass is 16.4. The van der Waals surface area contributed by atoms with Gasteiger partial charge in [-0.15, -0.1) is 0 Å². The normalized spacial score (nSPS) is 25.4. The maximum absolute atomic E-state index is 10.2. The van der Waals surface area contributed by atoms with Crippen LogP contribution in [0.4, 0.5) is 0 Å². The molecule has 8 heteroatoms. The Morgan fingerprint density at radius 3 is 2.12 bits per heavy atom. The average molecular weight is 236 g/mol. The Balaban J connectivity index is 0.000000293. The number of β-amino-alcohol motifs (C(OH)–C–C–N with tert-alkyl or cyclic N) is 1. The molecule has 0 radical (unpaired) electrons. The van der Waals surface area contributed by atoms with Gasteiger partial charge in [0.15, 0.2) is 0 Å². The lowest BCUT2D eigenvalue weighted by atomic mass is 10.2. The van der Waals surface area contributed by atoms with Crippen LogP contribution in [0, 0.1) is 0 Å². The number of aliphatic hydroxyl groups excluding tert-OH is 2. The number of nitrogens with one attached hydrogen (secondary N) is 1. The van der Waals surface area contributed by atoms with Gasteiger partial charge < -0.3 is 31.5 Å². The third kappa shape index (κ3) is 5.61. The molecule has 1 aliphatic heterocycles. The molecule has 0 aromatic rings. The quantitative estimate of drug-likeness (QED) is 0.307. The molecule has 16 heavy (non-hydrogen) atoms. The van der Waals surface area contributed by atoms with Gasteiger partial charge in [0, 0.05) is 13.0 Å². The van der Waals surface area contributed by atoms with E-state index in [9.17, 15) is 9.59 Å². The van der Waals surface area contributed by atoms with Crippen molar-refractivity contribution in [3.05, 3.63) is 0 Å². The van der Waals surface area contributed by atoms with Gasteiger partial charge >= 0.3 is 11.9 Å². The van der Waals surface area contributed by atoms with E-state index in [1.54, 1.807) is 0 Å². The Bertz CT molecular complexity index is 247. The molecule has 0 spiro atoms. The number of carbonyl (C=O) groups is 2. The van der Waals surface area contributed by atoms with Gasteiger partial charge in [-0.3, -0.25) is 9.59 Å². The van der Waals surface area contributed by atoms with Crippen LogP contribution in [0.15, 0.2) is 0 Å². The van der Waals surface area contributed by atoms with Crippen molar-refractivity contribution in [3.63, 3.8) is 0 Å². The topological polar surface area (TPSA) is 153 Å². The van der Waals surface area contributed by atoms with Crippen molar-refractivity contribution < 1.29 is 30.0 Å². The smallest absolute Gasteiger partial charge is 0.322 e. The molecule has 0 aromatic carbocycles. The number of hydrogen-bond acceptors (Lipinski definition) is 6. The summed E-state index contributed by atoms with van der Waals surface area (Å²) in [5.41, 5.74) is 4.77. The Hall–Kier alpha value is -1.22. The van der Waals surface area contributed by atoms with Crippen molar-refractivity contribution in [3.8, 4) is 0 Å². The minimum atomic E-state index is -1.18. The first-order chi connectivity index (χ1) is 7.38. The Kier molecular flexibility index (Phi) is 6.58. The molecule has 1 heterocycles. The van der Waals surface area contributed by atoms with Crippen LogP contribution in [0.3, 0.4) is 0 Å². The number of aliphatic hydroxyl groups is 2. The zero-order valence-corrected chi connectivity index (χ0v) is 8.54. The van der Waals surface area contributed by atoms with E-state index in [1.807, 2.05) is 0 Å². The second-order valence-electron chi connectivity index (χ2n) is 3.32. The first kappa shape index (κ1) is 14.8. The molecule has 0 saturated carbocycles. The summed E-state index contributed by atoms with van der Waals surface area (Å²) in [7, 11) is 0. The lowest BCUT2D eigenvalue weighted by Gasteiger charge is -1.99. The molecular weight excluding hydrogens is 220 g/mol. The Morgan fingerprint density at radius 2 is 2.00 bits per heavy atom. The molecule has 0 aliphatic carbocycles. The summed E-state index contributed by atoms with van der Waals surface area (Å²) >= 11 is 0. The van der Waals surface area contributed by atoms with Crippen LogP contribution >= 0.6 is 0 Å². The zero-order valence-electron chi connectivity index (χ0n) is 8.54. The predicted molar refractivity (Wildman–Crippen MR) is 52.7 cm³/mol. The van der Waals surface area contributed by atoms with Gasteiger partial charge in [0.1, 0.15) is 12.1 Å². The van der Waals surface area contributed by atoms with Crippen molar-refractivity contribution in [2.45, 2.75) is 24.6 Å². The maximum Gasteiger partial charge on any atom is 0.322 e. The summed E-state index contributed by atoms with van der Waals surface area (Å²) in [6.45, 7) is -0.105. The van der Waals surface area contributed by atoms with E-state index in [2.05, 4.69) is 5.32 Å². The molecule has 0 aromatic heterocycles. The van der Waals surface area contributed by atoms with E-state index in [-0.39, 0.29) is 0 Å². The Labute approximate surface area is 91.7 Å². The van der Waals surface area contributed by atoms with E-state index >= 15 is 0 Å². The van der Waals surface area contributed by atoms with Crippen molar-refractivity contribution in [2.75, 3.05) is 13.2 Å². The molecule has 1 saturated heterocycles. The fourth-order valence-electron chi connectivity index (χ4n) is 0.983. The predicted octanol–water partition coefficient (Wildman–Crippen LogP) is -2.82. The molecule has 0 bridgehead atoms. The van der Waals surface area contributed by atoms with Crippen molar-refractivity contribution >= 4 is 11.9 Å². The fraction of sp³-hybridized carbons (Fsp3) is 0.750. The van der Waals surface area contributed by atoms with Crippen molar-refractivity contribution in [2.24, 2.45) is 5.73 Å². The summed E-state index contributed by atoms with van der Waals surface area (Å²) in [6.07, 6.45) is -0.152. The van der Waals surface area contributed by atoms with Crippen LogP contribution < -0.4 is 11.1 Å². The highest BCUT2D eigenvalue weighted by Crippen LogP contribution is 2.05. The largest absolute Gasteiger partial charge is 0.480 e. The first-order valence-electron chi connectivity index (χ1n) is 4.62. The average Bonchev–Trinajstić information content (AvgIpc) is 2.64. The summed E-state index contributed by atoms with van der Waals surface area (Å²) in [4.78, 5) is 19.8. The molecule has 0 amide bonds. The van der Waals surface area contributed by atoms with Gasteiger partial charge in [-0.1, -0.05) is 0 Å². The number of carboxylic acids is 2. The van der Waals surface area contributed by atoms with Crippen LogP contribution in [0.2, 0.25) is 0 Å². The number of carboxylic acid groups (broad SMARTS) is 2. The van der Waals surface area contributed by atoms with E-state index in [4.69, 9.17) is 26.2 Å². The first-order valence-corrected chi connectivity index (χ1v) is 4.62. The van der Waals surface area contributed by atoms with E-state index in [0.29, 0.717) is 13.0 Å². The fourth-order valence-corrected chi connectivity index (χ4v) is 0.983. The number of rotatable bonds is 3. The van der Waals surface area contributed by atoms with E-state index in [1.165, 1.54) is 0 Å². The van der Waals surface area contributed by atoms with Gasteiger partial charge in [-0.25, -0.2) is 0 Å². The number of aliphatic carboxylic acids is 2. The van der Waals surface area contributed by atoms with E-state index in [0.717, 1.165) is 0 Å². The van der Waals surface area contributed by atoms with Gasteiger partial charge in [-0.05, 0) is 0 Å². The number of nitrogens with two attached hydrogens (primary N) is 1. The molecule has 1 unspecified atom stereocenters. The SMILES string of the molecule is NC(CO)C(=O)O.O=C(O)[C@@H]1C[C@@H](O)CN1. The Morgan fingerprint density at radius 1 is 1.44 bits per heavy atom. The van der Waals surface area contributed by atoms with Crippen LogP contribution in [0.1, 0.15) is 6.42 Å². The third-order valence-electron chi connectivity index (χ3n) is 1.92. The maximum atomic E-state index is 10.2. The van der Waals surface area contributed by atoms with Crippen LogP contribution in [-0.2, 0) is 9.59 Å². The number of hydrogen-bond donors (Lipinski definition) is 6. The van der Waals surface area contributed by atoms with Crippen LogP contribution in [-0.4, -0.2) is 63.7 Å². The lowest BCUT2D eigenvalue weighted by molar-refractivity contribution is -0.140. The molecule has 1 aliphatic rings. The molecule has 1 fully saturated rings. The highest BCUT2D eigenvalue weighted by molar-refractivity contribution is 5.74. The standard InChI is InChI=1S/C5H9NO3.C3H7NO3/c7-3-1-4(5(8)9)6-2-3;4-2(1-5)3(6)7/h3-4,6-7H,1-2H2,(H,8,9);2,5H,1,4H2,(H,6,7)/t3-,4+;/m1./s1. The summed E-state index contributed by atoms with van der Waals surface area (Å²) in [6, 6.07) is -1.67. The minimum Gasteiger partial charge on any atom is -0.480 e. The van der Waals surface area contributed by atoms with Gasteiger partial charge in [0.2, 0.25) is 0 Å². The summed E-state index contributed by atoms with van der Waals surface area (Å²) < 4.78 is 0.